The molecule has 0 fully saturated rings. The van der Waals surface area contributed by atoms with Gasteiger partial charge in [-0.1, -0.05) is 11.2 Å². The molecule has 0 atom stereocenters. The zero-order valence-corrected chi connectivity index (χ0v) is 10.9. The number of rotatable bonds is 3. The molecule has 0 saturated heterocycles. The van der Waals surface area contributed by atoms with Gasteiger partial charge in [0.15, 0.2) is 5.82 Å². The lowest BCUT2D eigenvalue weighted by Gasteiger charge is -2.06. The van der Waals surface area contributed by atoms with E-state index in [9.17, 15) is 4.79 Å². The predicted molar refractivity (Wildman–Crippen MR) is 75.0 cm³/mol. The quantitative estimate of drug-likeness (QED) is 0.793. The van der Waals surface area contributed by atoms with Gasteiger partial charge in [-0.15, -0.1) is 0 Å². The third kappa shape index (κ3) is 2.47. The molecule has 5 nitrogen and oxygen atoms in total. The molecule has 1 aromatic carbocycles. The van der Waals surface area contributed by atoms with Crippen LogP contribution in [-0.4, -0.2) is 15.6 Å². The molecular formula is C15H13N3O2. The lowest BCUT2D eigenvalue weighted by molar-refractivity contribution is 0.102. The molecule has 0 unspecified atom stereocenters. The minimum atomic E-state index is -0.215. The van der Waals surface area contributed by atoms with Gasteiger partial charge in [-0.25, -0.2) is 0 Å². The first-order chi connectivity index (χ1) is 9.72. The van der Waals surface area contributed by atoms with Crippen LogP contribution in [0.4, 0.5) is 5.82 Å². The second-order valence-corrected chi connectivity index (χ2v) is 4.42. The molecule has 0 aliphatic heterocycles. The van der Waals surface area contributed by atoms with Crippen molar-refractivity contribution >= 4 is 11.7 Å². The first-order valence-electron chi connectivity index (χ1n) is 6.20. The molecule has 20 heavy (non-hydrogen) atoms. The highest BCUT2D eigenvalue weighted by atomic mass is 16.5. The van der Waals surface area contributed by atoms with E-state index in [-0.39, 0.29) is 5.91 Å². The van der Waals surface area contributed by atoms with Crippen molar-refractivity contribution in [3.63, 3.8) is 0 Å². The highest BCUT2D eigenvalue weighted by molar-refractivity contribution is 6.04. The lowest BCUT2D eigenvalue weighted by Crippen LogP contribution is -2.12. The summed E-state index contributed by atoms with van der Waals surface area (Å²) in [7, 11) is 0. The van der Waals surface area contributed by atoms with Gasteiger partial charge in [0.1, 0.15) is 5.76 Å². The van der Waals surface area contributed by atoms with Crippen molar-refractivity contribution in [3.8, 4) is 5.69 Å². The summed E-state index contributed by atoms with van der Waals surface area (Å²) in [5.41, 5.74) is 1.50. The van der Waals surface area contributed by atoms with Gasteiger partial charge in [-0.3, -0.25) is 4.79 Å². The van der Waals surface area contributed by atoms with Crippen LogP contribution in [0.15, 0.2) is 59.4 Å². The second-order valence-electron chi connectivity index (χ2n) is 4.42. The van der Waals surface area contributed by atoms with Crippen molar-refractivity contribution in [2.24, 2.45) is 0 Å². The van der Waals surface area contributed by atoms with Crippen LogP contribution >= 0.6 is 0 Å². The average Bonchev–Trinajstić information content (AvgIpc) is 3.11. The number of anilines is 1. The lowest BCUT2D eigenvalue weighted by atomic mass is 10.2. The molecule has 0 saturated carbocycles. The molecular weight excluding hydrogens is 254 g/mol. The Hall–Kier alpha value is -2.82. The fourth-order valence-electron chi connectivity index (χ4n) is 1.93. The van der Waals surface area contributed by atoms with Crippen molar-refractivity contribution in [3.05, 3.63) is 66.2 Å². The highest BCUT2D eigenvalue weighted by Gasteiger charge is 2.09. The summed E-state index contributed by atoms with van der Waals surface area (Å²) >= 11 is 0. The molecule has 3 rings (SSSR count). The van der Waals surface area contributed by atoms with Crippen LogP contribution in [0.1, 0.15) is 16.1 Å². The molecule has 0 spiro atoms. The SMILES string of the molecule is Cc1cc(NC(=O)c2cccc(-n3cccc3)c2)no1. The molecule has 3 aromatic rings. The molecule has 1 N–H and O–H groups in total. The third-order valence-corrected chi connectivity index (χ3v) is 2.88. The second kappa shape index (κ2) is 5.05. The number of carbonyl (C=O) groups is 1. The van der Waals surface area contributed by atoms with E-state index >= 15 is 0 Å². The Morgan fingerprint density at radius 3 is 2.70 bits per heavy atom. The molecule has 2 aromatic heterocycles. The fourth-order valence-corrected chi connectivity index (χ4v) is 1.93. The van der Waals surface area contributed by atoms with Crippen LogP contribution in [0.2, 0.25) is 0 Å². The Kier molecular flexibility index (Phi) is 3.09. The number of benzene rings is 1. The third-order valence-electron chi connectivity index (χ3n) is 2.88. The summed E-state index contributed by atoms with van der Waals surface area (Å²) in [6.07, 6.45) is 3.86. The Balaban J connectivity index is 1.83. The number of aromatic nitrogens is 2. The van der Waals surface area contributed by atoms with E-state index in [4.69, 9.17) is 4.52 Å². The molecule has 5 heteroatoms. The average molecular weight is 267 g/mol. The molecule has 100 valence electrons. The monoisotopic (exact) mass is 267 g/mol. The number of nitrogens with one attached hydrogen (secondary N) is 1. The molecule has 0 bridgehead atoms. The maximum Gasteiger partial charge on any atom is 0.256 e. The molecule has 0 aliphatic rings. The van der Waals surface area contributed by atoms with Gasteiger partial charge in [0.05, 0.1) is 0 Å². The predicted octanol–water partition coefficient (Wildman–Crippen LogP) is 3.03. The van der Waals surface area contributed by atoms with Gasteiger partial charge in [0, 0.05) is 29.7 Å². The van der Waals surface area contributed by atoms with Gasteiger partial charge < -0.3 is 14.4 Å². The highest BCUT2D eigenvalue weighted by Crippen LogP contribution is 2.13. The number of hydrogen-bond acceptors (Lipinski definition) is 3. The van der Waals surface area contributed by atoms with E-state index in [2.05, 4.69) is 10.5 Å². The molecule has 0 radical (unpaired) electrons. The first kappa shape index (κ1) is 12.2. The van der Waals surface area contributed by atoms with E-state index in [1.807, 2.05) is 47.3 Å². The van der Waals surface area contributed by atoms with Gasteiger partial charge in [0.25, 0.3) is 5.91 Å². The van der Waals surface area contributed by atoms with Crippen LogP contribution < -0.4 is 5.32 Å². The van der Waals surface area contributed by atoms with Crippen LogP contribution in [0, 0.1) is 6.92 Å². The number of hydrogen-bond donors (Lipinski definition) is 1. The Bertz CT molecular complexity index is 729. The van der Waals surface area contributed by atoms with Crippen LogP contribution in [-0.2, 0) is 0 Å². The van der Waals surface area contributed by atoms with Crippen molar-refractivity contribution in [2.75, 3.05) is 5.32 Å². The van der Waals surface area contributed by atoms with Crippen molar-refractivity contribution < 1.29 is 9.32 Å². The number of amides is 1. The fraction of sp³-hybridized carbons (Fsp3) is 0.0667. The standard InChI is InChI=1S/C15H13N3O2/c1-11-9-14(17-20-11)16-15(19)12-5-4-6-13(10-12)18-7-2-3-8-18/h2-10H,1H3,(H,16,17,19). The maximum atomic E-state index is 12.1. The maximum absolute atomic E-state index is 12.1. The largest absolute Gasteiger partial charge is 0.360 e. The van der Waals surface area contributed by atoms with Gasteiger partial charge in [-0.05, 0) is 37.3 Å². The zero-order chi connectivity index (χ0) is 13.9. The summed E-state index contributed by atoms with van der Waals surface area (Å²) in [5, 5.41) is 6.44. The van der Waals surface area contributed by atoms with Crippen molar-refractivity contribution in [2.45, 2.75) is 6.92 Å². The smallest absolute Gasteiger partial charge is 0.256 e. The Morgan fingerprint density at radius 1 is 1.20 bits per heavy atom. The topological polar surface area (TPSA) is 60.1 Å². The normalized spacial score (nSPS) is 10.4. The summed E-state index contributed by atoms with van der Waals surface area (Å²) in [6, 6.07) is 12.9. The number of carbonyl (C=O) groups excluding carboxylic acids is 1. The van der Waals surface area contributed by atoms with E-state index in [1.165, 1.54) is 0 Å². The first-order valence-corrected chi connectivity index (χ1v) is 6.20. The van der Waals surface area contributed by atoms with E-state index < -0.39 is 0 Å². The van der Waals surface area contributed by atoms with Crippen molar-refractivity contribution in [1.82, 2.24) is 9.72 Å². The minimum Gasteiger partial charge on any atom is -0.360 e. The van der Waals surface area contributed by atoms with Crippen LogP contribution in [0.25, 0.3) is 5.69 Å². The zero-order valence-electron chi connectivity index (χ0n) is 10.9. The summed E-state index contributed by atoms with van der Waals surface area (Å²) in [6.45, 7) is 1.77. The van der Waals surface area contributed by atoms with Crippen molar-refractivity contribution in [1.29, 1.82) is 0 Å². The molecule has 1 amide bonds. The van der Waals surface area contributed by atoms with Gasteiger partial charge >= 0.3 is 0 Å². The minimum absolute atomic E-state index is 0.215. The van der Waals surface area contributed by atoms with Gasteiger partial charge in [0.2, 0.25) is 0 Å². The summed E-state index contributed by atoms with van der Waals surface area (Å²) < 4.78 is 6.86. The number of nitrogens with zero attached hydrogens (tertiary/aromatic N) is 2. The Labute approximate surface area is 115 Å². The Morgan fingerprint density at radius 2 is 2.00 bits per heavy atom. The summed E-state index contributed by atoms with van der Waals surface area (Å²) in [5.74, 6) is 0.854. The molecule has 2 heterocycles. The van der Waals surface area contributed by atoms with Crippen LogP contribution in [0.5, 0.6) is 0 Å². The molecule has 0 aliphatic carbocycles. The van der Waals surface area contributed by atoms with E-state index in [0.717, 1.165) is 5.69 Å². The summed E-state index contributed by atoms with van der Waals surface area (Å²) in [4.78, 5) is 12.1. The number of aryl methyl sites for hydroxylation is 1. The van der Waals surface area contributed by atoms with Crippen LogP contribution in [0.3, 0.4) is 0 Å². The van der Waals surface area contributed by atoms with Gasteiger partial charge in [-0.2, -0.15) is 0 Å². The van der Waals surface area contributed by atoms with E-state index in [0.29, 0.717) is 17.1 Å². The van der Waals surface area contributed by atoms with E-state index in [1.54, 1.807) is 19.1 Å².